The lowest BCUT2D eigenvalue weighted by Gasteiger charge is -2.25. The molecule has 2 N–H and O–H groups in total. The van der Waals surface area contributed by atoms with Gasteiger partial charge >= 0.3 is 0 Å². The minimum absolute atomic E-state index is 0.341. The summed E-state index contributed by atoms with van der Waals surface area (Å²) < 4.78 is 10.9. The molecule has 1 fully saturated rings. The molecule has 0 spiro atoms. The van der Waals surface area contributed by atoms with Crippen molar-refractivity contribution in [3.63, 3.8) is 0 Å². The zero-order chi connectivity index (χ0) is 15.5. The second-order valence-corrected chi connectivity index (χ2v) is 6.55. The third-order valence-corrected chi connectivity index (χ3v) is 4.90. The Morgan fingerprint density at radius 3 is 2.91 bits per heavy atom. The molecule has 1 aliphatic rings. The lowest BCUT2D eigenvalue weighted by molar-refractivity contribution is 0.244. The first-order valence-electron chi connectivity index (χ1n) is 7.37. The number of rotatable bonds is 5. The molecule has 1 unspecified atom stereocenters. The molecular formula is C16H21N3O2S. The van der Waals surface area contributed by atoms with Gasteiger partial charge < -0.3 is 15.2 Å². The van der Waals surface area contributed by atoms with Crippen LogP contribution in [0.2, 0.25) is 0 Å². The van der Waals surface area contributed by atoms with Gasteiger partial charge in [0.15, 0.2) is 5.13 Å². The highest BCUT2D eigenvalue weighted by atomic mass is 32.1. The van der Waals surface area contributed by atoms with Gasteiger partial charge in [-0.25, -0.2) is 4.98 Å². The van der Waals surface area contributed by atoms with Crippen molar-refractivity contribution in [2.45, 2.75) is 25.4 Å². The van der Waals surface area contributed by atoms with E-state index >= 15 is 0 Å². The fourth-order valence-corrected chi connectivity index (χ4v) is 3.77. The third kappa shape index (κ3) is 3.03. The standard InChI is InChI=1S/C16H21N3O2S/c1-20-11-5-6-15(21-2)13(8-11)14-4-3-7-19(14)10-12-9-18-16(17)22-12/h5-6,8-9,14H,3-4,7,10H2,1-2H3,(H2,17,18). The predicted octanol–water partition coefficient (Wildman–Crippen LogP) is 3.08. The molecule has 0 bridgehead atoms. The molecule has 1 aromatic carbocycles. The maximum atomic E-state index is 5.73. The van der Waals surface area contributed by atoms with Crippen LogP contribution in [0.3, 0.4) is 0 Å². The van der Waals surface area contributed by atoms with E-state index in [1.54, 1.807) is 25.6 Å². The monoisotopic (exact) mass is 319 g/mol. The van der Waals surface area contributed by atoms with E-state index in [0.717, 1.165) is 31.0 Å². The lowest BCUT2D eigenvalue weighted by atomic mass is 10.0. The van der Waals surface area contributed by atoms with Crippen molar-refractivity contribution in [3.8, 4) is 11.5 Å². The molecule has 0 amide bonds. The number of thiazole rings is 1. The molecule has 1 aliphatic heterocycles. The van der Waals surface area contributed by atoms with Crippen LogP contribution < -0.4 is 15.2 Å². The number of anilines is 1. The number of nitrogens with zero attached hydrogens (tertiary/aromatic N) is 2. The van der Waals surface area contributed by atoms with E-state index in [4.69, 9.17) is 15.2 Å². The molecule has 0 radical (unpaired) electrons. The number of hydrogen-bond donors (Lipinski definition) is 1. The summed E-state index contributed by atoms with van der Waals surface area (Å²) in [5.74, 6) is 1.78. The molecule has 118 valence electrons. The highest BCUT2D eigenvalue weighted by Gasteiger charge is 2.29. The Balaban J connectivity index is 1.86. The summed E-state index contributed by atoms with van der Waals surface area (Å²) in [5, 5.41) is 0.629. The van der Waals surface area contributed by atoms with Crippen LogP contribution in [-0.4, -0.2) is 30.6 Å². The Hall–Kier alpha value is -1.79. The number of aromatic nitrogens is 1. The van der Waals surface area contributed by atoms with E-state index in [-0.39, 0.29) is 0 Å². The van der Waals surface area contributed by atoms with Crippen molar-refractivity contribution in [1.29, 1.82) is 0 Å². The Labute approximate surface area is 134 Å². The molecular weight excluding hydrogens is 298 g/mol. The number of likely N-dealkylation sites (tertiary alicyclic amines) is 1. The highest BCUT2D eigenvalue weighted by Crippen LogP contribution is 2.39. The molecule has 6 heteroatoms. The van der Waals surface area contributed by atoms with Gasteiger partial charge in [0.25, 0.3) is 0 Å². The van der Waals surface area contributed by atoms with E-state index in [9.17, 15) is 0 Å². The van der Waals surface area contributed by atoms with Crippen LogP contribution in [0.1, 0.15) is 29.3 Å². The molecule has 5 nitrogen and oxygen atoms in total. The molecule has 1 atom stereocenters. The van der Waals surface area contributed by atoms with Gasteiger partial charge in [0.1, 0.15) is 11.5 Å². The summed E-state index contributed by atoms with van der Waals surface area (Å²) in [6.07, 6.45) is 4.18. The van der Waals surface area contributed by atoms with Gasteiger partial charge in [-0.05, 0) is 37.6 Å². The first kappa shape index (κ1) is 15.1. The summed E-state index contributed by atoms with van der Waals surface area (Å²) in [5.41, 5.74) is 6.93. The molecule has 3 rings (SSSR count). The number of hydrogen-bond acceptors (Lipinski definition) is 6. The Bertz CT molecular complexity index is 644. The van der Waals surface area contributed by atoms with Crippen LogP contribution in [-0.2, 0) is 6.54 Å². The smallest absolute Gasteiger partial charge is 0.180 e. The van der Waals surface area contributed by atoms with Crippen molar-refractivity contribution < 1.29 is 9.47 Å². The quantitative estimate of drug-likeness (QED) is 0.917. The van der Waals surface area contributed by atoms with Crippen LogP contribution in [0, 0.1) is 0 Å². The van der Waals surface area contributed by atoms with Crippen LogP contribution in [0.25, 0.3) is 0 Å². The summed E-state index contributed by atoms with van der Waals surface area (Å²) in [4.78, 5) is 7.81. The molecule has 0 saturated carbocycles. The average Bonchev–Trinajstić information content (AvgIpc) is 3.16. The van der Waals surface area contributed by atoms with Crippen LogP contribution in [0.4, 0.5) is 5.13 Å². The highest BCUT2D eigenvalue weighted by molar-refractivity contribution is 7.15. The van der Waals surface area contributed by atoms with E-state index in [1.807, 2.05) is 18.3 Å². The fraction of sp³-hybridized carbons (Fsp3) is 0.438. The first-order chi connectivity index (χ1) is 10.7. The Kier molecular flexibility index (Phi) is 4.49. The molecule has 2 aromatic rings. The molecule has 22 heavy (non-hydrogen) atoms. The van der Waals surface area contributed by atoms with E-state index in [2.05, 4.69) is 16.0 Å². The van der Waals surface area contributed by atoms with Crippen molar-refractivity contribution in [3.05, 3.63) is 34.8 Å². The van der Waals surface area contributed by atoms with Crippen LogP contribution in [0.15, 0.2) is 24.4 Å². The Morgan fingerprint density at radius 1 is 1.36 bits per heavy atom. The van der Waals surface area contributed by atoms with E-state index in [1.165, 1.54) is 16.9 Å². The number of benzene rings is 1. The lowest BCUT2D eigenvalue weighted by Crippen LogP contribution is -2.22. The number of methoxy groups -OCH3 is 2. The minimum Gasteiger partial charge on any atom is -0.497 e. The Morgan fingerprint density at radius 2 is 2.23 bits per heavy atom. The van der Waals surface area contributed by atoms with Gasteiger partial charge in [-0.2, -0.15) is 0 Å². The van der Waals surface area contributed by atoms with E-state index in [0.29, 0.717) is 11.2 Å². The largest absolute Gasteiger partial charge is 0.497 e. The summed E-state index contributed by atoms with van der Waals surface area (Å²) in [6, 6.07) is 6.34. The zero-order valence-electron chi connectivity index (χ0n) is 12.9. The van der Waals surface area contributed by atoms with Crippen molar-refractivity contribution >= 4 is 16.5 Å². The molecule has 0 aliphatic carbocycles. The van der Waals surface area contributed by atoms with Gasteiger partial charge in [0, 0.05) is 29.2 Å². The topological polar surface area (TPSA) is 60.6 Å². The van der Waals surface area contributed by atoms with Gasteiger partial charge in [-0.15, -0.1) is 11.3 Å². The number of ether oxygens (including phenoxy) is 2. The zero-order valence-corrected chi connectivity index (χ0v) is 13.7. The number of nitrogens with two attached hydrogens (primary N) is 1. The van der Waals surface area contributed by atoms with Crippen molar-refractivity contribution in [1.82, 2.24) is 9.88 Å². The van der Waals surface area contributed by atoms with Crippen LogP contribution in [0.5, 0.6) is 11.5 Å². The van der Waals surface area contributed by atoms with Crippen molar-refractivity contribution in [2.75, 3.05) is 26.5 Å². The third-order valence-electron chi connectivity index (χ3n) is 4.09. The van der Waals surface area contributed by atoms with Gasteiger partial charge in [0.2, 0.25) is 0 Å². The summed E-state index contributed by atoms with van der Waals surface area (Å²) in [6.45, 7) is 1.95. The maximum absolute atomic E-state index is 5.73. The van der Waals surface area contributed by atoms with Gasteiger partial charge in [-0.1, -0.05) is 0 Å². The average molecular weight is 319 g/mol. The van der Waals surface area contributed by atoms with Gasteiger partial charge in [0.05, 0.1) is 14.2 Å². The fourth-order valence-electron chi connectivity index (χ4n) is 3.06. The first-order valence-corrected chi connectivity index (χ1v) is 8.19. The molecule has 1 aromatic heterocycles. The number of nitrogen functional groups attached to an aromatic ring is 1. The van der Waals surface area contributed by atoms with E-state index < -0.39 is 0 Å². The molecule has 1 saturated heterocycles. The normalized spacial score (nSPS) is 18.5. The van der Waals surface area contributed by atoms with Gasteiger partial charge in [-0.3, -0.25) is 4.90 Å². The molecule has 2 heterocycles. The minimum atomic E-state index is 0.341. The predicted molar refractivity (Wildman–Crippen MR) is 88.5 cm³/mol. The van der Waals surface area contributed by atoms with Crippen molar-refractivity contribution in [2.24, 2.45) is 0 Å². The second-order valence-electron chi connectivity index (χ2n) is 5.40. The van der Waals surface area contributed by atoms with Crippen LogP contribution >= 0.6 is 11.3 Å². The second kappa shape index (κ2) is 6.54. The maximum Gasteiger partial charge on any atom is 0.180 e. The summed E-state index contributed by atoms with van der Waals surface area (Å²) in [7, 11) is 3.41. The summed E-state index contributed by atoms with van der Waals surface area (Å²) >= 11 is 1.56. The SMILES string of the molecule is COc1ccc(OC)c(C2CCCN2Cc2cnc(N)s2)c1.